The van der Waals surface area contributed by atoms with Crippen molar-refractivity contribution in [1.82, 2.24) is 15.0 Å². The fraction of sp³-hybridized carbons (Fsp3) is 0.511. The third kappa shape index (κ3) is 8.23. The molecule has 2 aliphatic heterocycles. The summed E-state index contributed by atoms with van der Waals surface area (Å²) in [6, 6.07) is 0. The molecule has 55 heavy (non-hydrogen) atoms. The number of carbonyl (C=O) groups excluding carboxylic acids is 2. The normalized spacial score (nSPS) is 23.6. The molecule has 3 aromatic rings. The predicted molar refractivity (Wildman–Crippen MR) is 218 cm³/mol. The van der Waals surface area contributed by atoms with Crippen molar-refractivity contribution < 1.29 is 24.2 Å². The van der Waals surface area contributed by atoms with Gasteiger partial charge in [-0.3, -0.25) is 9.59 Å². The third-order valence-electron chi connectivity index (χ3n) is 11.9. The van der Waals surface area contributed by atoms with Crippen molar-refractivity contribution in [3.05, 3.63) is 95.2 Å². The number of carbonyl (C=O) groups is 2. The molecular formula is C45H56MgN4O5-2. The monoisotopic (exact) mass is 756 g/mol. The Morgan fingerprint density at radius 2 is 1.60 bits per heavy atom. The van der Waals surface area contributed by atoms with Gasteiger partial charge in [0, 0.05) is 6.42 Å². The number of rotatable bonds is 12. The standard InChI is InChI=1S/C45H56N4O5.Mg/c1-11-29-25(6)32-20-34-27(8)31(16-17-38(50)54-19-18-24(5)15-13-14-23(3)4)42(48-34)40-41(45(52)53-10)44(51)39-28(9)35(49-43(39)40)22-37-30(12-2)26(7)33(47-37)21-36(29)46-32;/h18,20-23,27,31,41,44,51H,11-17,19H2,1-10H3;/q-4;+2/b24-18+,33-21-,34-20-,37-22-,42-40-;/t27-,31-,41+,44+;/m0./s1. The van der Waals surface area contributed by atoms with Crippen LogP contribution in [0.5, 0.6) is 0 Å². The molecule has 6 rings (SSSR count). The van der Waals surface area contributed by atoms with Gasteiger partial charge < -0.3 is 34.8 Å². The summed E-state index contributed by atoms with van der Waals surface area (Å²) in [6.45, 7) is 19.3. The van der Waals surface area contributed by atoms with Gasteiger partial charge in [0.1, 0.15) is 12.5 Å². The van der Waals surface area contributed by atoms with Crippen molar-refractivity contribution >= 4 is 58.8 Å². The van der Waals surface area contributed by atoms with E-state index in [4.69, 9.17) is 29.7 Å². The fourth-order valence-corrected chi connectivity index (χ4v) is 8.57. The molecule has 4 atom stereocenters. The number of esters is 2. The summed E-state index contributed by atoms with van der Waals surface area (Å²) in [6.07, 6.45) is 12.5. The molecule has 1 fully saturated rings. The number of hydrogen-bond acceptors (Lipinski definition) is 5. The van der Waals surface area contributed by atoms with Crippen LogP contribution in [0, 0.1) is 44.4 Å². The Labute approximate surface area is 342 Å². The molecule has 0 spiro atoms. The summed E-state index contributed by atoms with van der Waals surface area (Å²) < 4.78 is 11.0. The van der Waals surface area contributed by atoms with Crippen LogP contribution in [0.3, 0.4) is 0 Å². The number of aliphatic hydroxyl groups excluding tert-OH is 1. The Morgan fingerprint density at radius 1 is 0.909 bits per heavy atom. The van der Waals surface area contributed by atoms with E-state index >= 15 is 0 Å². The molecule has 0 amide bonds. The van der Waals surface area contributed by atoms with Crippen molar-refractivity contribution in [3.8, 4) is 0 Å². The number of allylic oxidation sites excluding steroid dienone is 3. The zero-order valence-corrected chi connectivity index (χ0v) is 35.8. The van der Waals surface area contributed by atoms with E-state index in [0.717, 1.165) is 81.3 Å². The molecule has 290 valence electrons. The Bertz CT molecular complexity index is 2160. The number of hydrogen-bond donors (Lipinski definition) is 1. The first-order valence-corrected chi connectivity index (χ1v) is 19.7. The van der Waals surface area contributed by atoms with Crippen LogP contribution in [0.4, 0.5) is 0 Å². The summed E-state index contributed by atoms with van der Waals surface area (Å²) in [7, 11) is 1.34. The fourth-order valence-electron chi connectivity index (χ4n) is 8.57. The maximum Gasteiger partial charge on any atom is 2.00 e. The molecule has 0 aromatic carbocycles. The van der Waals surface area contributed by atoms with Crippen LogP contribution >= 0.6 is 0 Å². The van der Waals surface area contributed by atoms with E-state index in [2.05, 4.69) is 61.5 Å². The van der Waals surface area contributed by atoms with Crippen LogP contribution in [0.15, 0.2) is 23.0 Å². The summed E-state index contributed by atoms with van der Waals surface area (Å²) in [4.78, 5) is 42.1. The van der Waals surface area contributed by atoms with Crippen molar-refractivity contribution in [3.63, 3.8) is 0 Å². The van der Waals surface area contributed by atoms with E-state index in [1.54, 1.807) is 0 Å². The van der Waals surface area contributed by atoms with E-state index in [9.17, 15) is 14.7 Å². The molecule has 10 heteroatoms. The van der Waals surface area contributed by atoms with Crippen molar-refractivity contribution in [1.29, 1.82) is 0 Å². The Kier molecular flexibility index (Phi) is 13.6. The van der Waals surface area contributed by atoms with Crippen molar-refractivity contribution in [2.45, 2.75) is 113 Å². The number of aliphatic hydroxyl groups is 1. The third-order valence-corrected chi connectivity index (χ3v) is 11.9. The van der Waals surface area contributed by atoms with Gasteiger partial charge >= 0.3 is 35.0 Å². The molecule has 9 nitrogen and oxygen atoms in total. The number of aromatic nitrogens is 3. The van der Waals surface area contributed by atoms with Crippen LogP contribution in [-0.4, -0.2) is 53.8 Å². The predicted octanol–water partition coefficient (Wildman–Crippen LogP) is 6.52. The van der Waals surface area contributed by atoms with Gasteiger partial charge in [-0.2, -0.15) is 11.4 Å². The smallest absolute Gasteiger partial charge is 0.664 e. The minimum atomic E-state index is -1.17. The SMILES string of the molecule is CCc1c2[n-]c(c1C)/C=C1\[N-]/C(=C3\c4[n-]c(c(C)c4[C@@H](O)[C@@H]3C(=O)OC)/C=c3\[n-]/c(c(C)c3CC)=C\2)[C@@H](CCC(=O)OC/C=C(\C)CCCC(C)C)[C@@H]1C.[Mg+2]. The van der Waals surface area contributed by atoms with E-state index in [0.29, 0.717) is 40.6 Å². The number of fused-ring (bicyclic) bond motifs is 7. The van der Waals surface area contributed by atoms with Gasteiger partial charge in [-0.05, 0) is 89.2 Å². The van der Waals surface area contributed by atoms with Crippen molar-refractivity contribution in [2.75, 3.05) is 13.7 Å². The minimum absolute atomic E-state index is 0. The second-order valence-electron chi connectivity index (χ2n) is 15.7. The van der Waals surface area contributed by atoms with E-state index in [1.165, 1.54) is 19.1 Å². The molecule has 0 unspecified atom stereocenters. The van der Waals surface area contributed by atoms with E-state index in [1.807, 2.05) is 25.2 Å². The maximum absolute atomic E-state index is 13.5. The Morgan fingerprint density at radius 3 is 2.27 bits per heavy atom. The van der Waals surface area contributed by atoms with Gasteiger partial charge in [0.25, 0.3) is 0 Å². The summed E-state index contributed by atoms with van der Waals surface area (Å²) in [5.74, 6) is -1.55. The van der Waals surface area contributed by atoms with Gasteiger partial charge in [0.05, 0.1) is 13.2 Å². The summed E-state index contributed by atoms with van der Waals surface area (Å²) in [5, 5.41) is 18.9. The largest absolute Gasteiger partial charge is 2.00 e. The Balaban J connectivity index is 0.00000580. The van der Waals surface area contributed by atoms with Crippen LogP contribution in [0.2, 0.25) is 0 Å². The molecule has 3 aromatic heterocycles. The molecule has 3 aliphatic rings. The van der Waals surface area contributed by atoms with E-state index in [-0.39, 0.29) is 53.9 Å². The van der Waals surface area contributed by atoms with Gasteiger partial charge in [-0.25, -0.2) is 0 Å². The van der Waals surface area contributed by atoms with Gasteiger partial charge in [-0.15, -0.1) is 33.5 Å². The zero-order valence-electron chi connectivity index (χ0n) is 34.4. The molecule has 5 heterocycles. The minimum Gasteiger partial charge on any atom is -0.664 e. The van der Waals surface area contributed by atoms with Crippen LogP contribution in [0.25, 0.3) is 29.1 Å². The second-order valence-corrected chi connectivity index (χ2v) is 15.7. The number of methoxy groups -OCH3 is 1. The molecule has 1 saturated heterocycles. The van der Waals surface area contributed by atoms with Gasteiger partial charge in [-0.1, -0.05) is 98.2 Å². The topological polar surface area (TPSA) is 129 Å². The number of nitrogens with zero attached hydrogens (tertiary/aromatic N) is 4. The maximum atomic E-state index is 13.5. The number of ether oxygens (including phenoxy) is 2. The molecule has 0 saturated carbocycles. The van der Waals surface area contributed by atoms with Crippen LogP contribution in [0.1, 0.15) is 136 Å². The quantitative estimate of drug-likeness (QED) is 0.126. The first kappa shape index (κ1) is 42.4. The van der Waals surface area contributed by atoms with Crippen LogP contribution < -0.4 is 25.7 Å². The molecule has 1 aliphatic carbocycles. The van der Waals surface area contributed by atoms with Crippen molar-refractivity contribution in [2.24, 2.45) is 23.7 Å². The molecule has 1 N–H and O–H groups in total. The molecule has 8 bridgehead atoms. The second kappa shape index (κ2) is 17.6. The Hall–Kier alpha value is -3.73. The average Bonchev–Trinajstić information content (AvgIpc) is 3.87. The van der Waals surface area contributed by atoms with E-state index < -0.39 is 18.0 Å². The first-order valence-electron chi connectivity index (χ1n) is 19.7. The van der Waals surface area contributed by atoms with Gasteiger partial charge in [0.2, 0.25) is 0 Å². The van der Waals surface area contributed by atoms with Gasteiger partial charge in [0.15, 0.2) is 0 Å². The zero-order chi connectivity index (χ0) is 39.0. The average molecular weight is 757 g/mol. The first-order chi connectivity index (χ1) is 25.8. The van der Waals surface area contributed by atoms with Crippen LogP contribution in [-0.2, 0) is 31.9 Å². The summed E-state index contributed by atoms with van der Waals surface area (Å²) in [5.41, 5.74) is 12.1. The molecule has 0 radical (unpaired) electrons. The summed E-state index contributed by atoms with van der Waals surface area (Å²) >= 11 is 0. The molecular weight excluding hydrogens is 701 g/mol.